The van der Waals surface area contributed by atoms with Gasteiger partial charge in [-0.05, 0) is 32.1 Å². The highest BCUT2D eigenvalue weighted by Gasteiger charge is 2.43. The van der Waals surface area contributed by atoms with Crippen LogP contribution in [0.15, 0.2) is 0 Å². The molecule has 0 aromatic heterocycles. The molecule has 1 amide bonds. The van der Waals surface area contributed by atoms with Crippen LogP contribution in [0.2, 0.25) is 0 Å². The second-order valence-corrected chi connectivity index (χ2v) is 6.31. The van der Waals surface area contributed by atoms with Gasteiger partial charge in [0.1, 0.15) is 6.17 Å². The van der Waals surface area contributed by atoms with Gasteiger partial charge in [-0.1, -0.05) is 19.3 Å². The number of rotatable bonds is 0. The second kappa shape index (κ2) is 5.07. The van der Waals surface area contributed by atoms with Crippen molar-refractivity contribution in [2.24, 2.45) is 17.6 Å². The molecule has 17 heavy (non-hydrogen) atoms. The summed E-state index contributed by atoms with van der Waals surface area (Å²) in [6.07, 6.45) is 8.33. The van der Waals surface area contributed by atoms with Gasteiger partial charge in [-0.25, -0.2) is 9.28 Å². The molecule has 0 spiro atoms. The predicted molar refractivity (Wildman–Crippen MR) is 69.0 cm³/mol. The van der Waals surface area contributed by atoms with Crippen LogP contribution in [0, 0.1) is 11.8 Å². The molecule has 4 atom stereocenters. The van der Waals surface area contributed by atoms with E-state index in [9.17, 15) is 4.79 Å². The summed E-state index contributed by atoms with van der Waals surface area (Å²) in [4.78, 5) is 12.6. The van der Waals surface area contributed by atoms with Crippen molar-refractivity contribution in [1.29, 1.82) is 0 Å². The number of nitrogens with two attached hydrogens (primary N) is 1. The Hall–Kier alpha value is -0.410. The zero-order chi connectivity index (χ0) is 12.5. The molecule has 0 aromatic rings. The molecule has 3 heteroatoms. The number of fused-ring (bicyclic) bond motifs is 3. The van der Waals surface area contributed by atoms with Crippen molar-refractivity contribution in [3.05, 3.63) is 0 Å². The van der Waals surface area contributed by atoms with Crippen LogP contribution in [0.25, 0.3) is 0 Å². The highest BCUT2D eigenvalue weighted by Crippen LogP contribution is 2.32. The highest BCUT2D eigenvalue weighted by atomic mass is 16.2. The largest absolute Gasteiger partial charge is 0.317 e. The maximum Gasteiger partial charge on any atom is 0.317 e. The van der Waals surface area contributed by atoms with Crippen molar-refractivity contribution in [3.63, 3.8) is 0 Å². The summed E-state index contributed by atoms with van der Waals surface area (Å²) in [7, 11) is 2.06. The quantitative estimate of drug-likeness (QED) is 0.659. The summed E-state index contributed by atoms with van der Waals surface area (Å²) in [6.45, 7) is 3.04. The van der Waals surface area contributed by atoms with Crippen LogP contribution in [-0.2, 0) is 4.79 Å². The highest BCUT2D eigenvalue weighted by molar-refractivity contribution is 5.71. The lowest BCUT2D eigenvalue weighted by Gasteiger charge is -2.37. The molecule has 4 unspecified atom stereocenters. The molecule has 0 aromatic carbocycles. The zero-order valence-corrected chi connectivity index (χ0v) is 11.3. The third kappa shape index (κ3) is 2.55. The van der Waals surface area contributed by atoms with Crippen LogP contribution in [0.4, 0.5) is 0 Å². The van der Waals surface area contributed by atoms with Gasteiger partial charge in [0.15, 0.2) is 0 Å². The lowest BCUT2D eigenvalue weighted by molar-refractivity contribution is -0.861. The molecular weight excluding hydrogens is 212 g/mol. The average Bonchev–Trinajstić information content (AvgIpc) is 2.47. The summed E-state index contributed by atoms with van der Waals surface area (Å²) in [5.41, 5.74) is 6.30. The summed E-state index contributed by atoms with van der Waals surface area (Å²) < 4.78 is 0.484. The van der Waals surface area contributed by atoms with Gasteiger partial charge in [0.25, 0.3) is 0 Å². The van der Waals surface area contributed by atoms with E-state index >= 15 is 0 Å². The first-order valence-corrected chi connectivity index (χ1v) is 7.19. The number of hydrogen-bond acceptors (Lipinski definition) is 2. The lowest BCUT2D eigenvalue weighted by Crippen LogP contribution is -2.61. The zero-order valence-electron chi connectivity index (χ0n) is 11.3. The molecule has 0 saturated carbocycles. The van der Waals surface area contributed by atoms with Crippen molar-refractivity contribution in [3.8, 4) is 0 Å². The molecule has 2 fully saturated rings. The molecule has 3 nitrogen and oxygen atoms in total. The minimum Gasteiger partial charge on any atom is -0.281 e. The van der Waals surface area contributed by atoms with E-state index in [0.717, 1.165) is 25.3 Å². The molecule has 2 N–H and O–H groups in total. The van der Waals surface area contributed by atoms with Gasteiger partial charge in [-0.15, -0.1) is 0 Å². The van der Waals surface area contributed by atoms with Crippen LogP contribution in [0.3, 0.4) is 0 Å². The molecule has 2 rings (SSSR count). The van der Waals surface area contributed by atoms with E-state index < -0.39 is 0 Å². The number of carbonyl (C=O) groups is 1. The molecule has 2 aliphatic rings. The van der Waals surface area contributed by atoms with Crippen LogP contribution in [0.5, 0.6) is 0 Å². The van der Waals surface area contributed by atoms with Gasteiger partial charge < -0.3 is 0 Å². The van der Waals surface area contributed by atoms with Gasteiger partial charge in [0.2, 0.25) is 0 Å². The van der Waals surface area contributed by atoms with Gasteiger partial charge >= 0.3 is 5.91 Å². The first kappa shape index (κ1) is 13.0. The fraction of sp³-hybridized carbons (Fsp3) is 0.929. The predicted octanol–water partition coefficient (Wildman–Crippen LogP) is 2.25. The molecule has 2 bridgehead atoms. The molecule has 2 heterocycles. The Bertz CT molecular complexity index is 292. The Balaban J connectivity index is 2.25. The average molecular weight is 239 g/mol. The molecule has 0 radical (unpaired) electrons. The van der Waals surface area contributed by atoms with Crippen LogP contribution in [-0.4, -0.2) is 30.1 Å². The van der Waals surface area contributed by atoms with Gasteiger partial charge in [-0.2, -0.15) is 0 Å². The van der Waals surface area contributed by atoms with Crippen molar-refractivity contribution in [1.82, 2.24) is 0 Å². The fourth-order valence-corrected chi connectivity index (χ4v) is 3.53. The van der Waals surface area contributed by atoms with Crippen molar-refractivity contribution >= 4 is 5.91 Å². The number of amides is 1. The lowest BCUT2D eigenvalue weighted by atomic mass is 9.91. The Morgan fingerprint density at radius 3 is 2.59 bits per heavy atom. The maximum absolute atomic E-state index is 12.6. The molecule has 98 valence electrons. The Kier molecular flexibility index (Phi) is 3.88. The Labute approximate surface area is 105 Å². The van der Waals surface area contributed by atoms with Gasteiger partial charge in [0.05, 0.1) is 19.5 Å². The fourth-order valence-electron chi connectivity index (χ4n) is 3.53. The third-order valence-corrected chi connectivity index (χ3v) is 5.03. The van der Waals surface area contributed by atoms with E-state index in [1.165, 1.54) is 32.1 Å². The number of quaternary nitrogens is 1. The molecule has 2 aliphatic heterocycles. The van der Waals surface area contributed by atoms with E-state index in [1.807, 2.05) is 0 Å². The second-order valence-electron chi connectivity index (χ2n) is 6.31. The first-order chi connectivity index (χ1) is 8.04. The van der Waals surface area contributed by atoms with Crippen LogP contribution >= 0.6 is 0 Å². The summed E-state index contributed by atoms with van der Waals surface area (Å²) >= 11 is 0. The van der Waals surface area contributed by atoms with Gasteiger partial charge in [0, 0.05) is 6.42 Å². The van der Waals surface area contributed by atoms with Crippen LogP contribution in [0.1, 0.15) is 51.9 Å². The topological polar surface area (TPSA) is 43.1 Å². The summed E-state index contributed by atoms with van der Waals surface area (Å²) in [5.74, 6) is 1.36. The standard InChI is InChI=1S/C14H27N2O/c1-11-5-3-4-6-12-7-8-13(15)16(2,10-9-12)14(11)17/h11-13H,3-10,15H2,1-2H3/q+1. The first-order valence-electron chi connectivity index (χ1n) is 7.19. The molecular formula is C14H27N2O+. The Morgan fingerprint density at radius 1 is 1.12 bits per heavy atom. The number of hydrogen-bond donors (Lipinski definition) is 1. The smallest absolute Gasteiger partial charge is 0.281 e. The Morgan fingerprint density at radius 2 is 1.82 bits per heavy atom. The van der Waals surface area contributed by atoms with E-state index in [2.05, 4.69) is 14.0 Å². The third-order valence-electron chi connectivity index (χ3n) is 5.03. The van der Waals surface area contributed by atoms with Crippen molar-refractivity contribution in [2.75, 3.05) is 13.6 Å². The van der Waals surface area contributed by atoms with Crippen molar-refractivity contribution in [2.45, 2.75) is 58.0 Å². The van der Waals surface area contributed by atoms with E-state index in [4.69, 9.17) is 5.73 Å². The number of nitrogens with zero attached hydrogens (tertiary/aromatic N) is 1. The minimum atomic E-state index is 0.0213. The maximum atomic E-state index is 12.6. The van der Waals surface area contributed by atoms with E-state index in [0.29, 0.717) is 10.4 Å². The van der Waals surface area contributed by atoms with Gasteiger partial charge in [-0.3, -0.25) is 5.73 Å². The normalized spacial score (nSPS) is 44.4. The molecule has 0 aliphatic carbocycles. The minimum absolute atomic E-state index is 0.0213. The van der Waals surface area contributed by atoms with E-state index in [-0.39, 0.29) is 12.1 Å². The molecule has 2 saturated heterocycles. The summed E-state index contributed by atoms with van der Waals surface area (Å²) in [5, 5.41) is 0. The van der Waals surface area contributed by atoms with E-state index in [1.54, 1.807) is 0 Å². The number of carbonyl (C=O) groups excluding carboxylic acids is 1. The SMILES string of the molecule is CC1CCCCC2CCC(N)[N+](C)(CC2)C1=O. The van der Waals surface area contributed by atoms with Crippen molar-refractivity contribution < 1.29 is 9.28 Å². The van der Waals surface area contributed by atoms with Crippen LogP contribution < -0.4 is 5.73 Å². The monoisotopic (exact) mass is 239 g/mol. The summed E-state index contributed by atoms with van der Waals surface area (Å²) in [6, 6.07) is 0.